The topological polar surface area (TPSA) is 42.7 Å². The number of pyridine rings is 1. The van der Waals surface area contributed by atoms with Gasteiger partial charge >= 0.3 is 0 Å². The molecular weight excluding hydrogens is 260 g/mol. The summed E-state index contributed by atoms with van der Waals surface area (Å²) in [5, 5.41) is 3.42. The van der Waals surface area contributed by atoms with Crippen LogP contribution in [0.2, 0.25) is 0 Å². The second-order valence-corrected chi connectivity index (χ2v) is 5.34. The molecule has 0 aromatic carbocycles. The zero-order valence-corrected chi connectivity index (χ0v) is 12.5. The van der Waals surface area contributed by atoms with Gasteiger partial charge in [-0.3, -0.25) is 0 Å². The van der Waals surface area contributed by atoms with Gasteiger partial charge in [0.15, 0.2) is 5.82 Å². The van der Waals surface area contributed by atoms with E-state index >= 15 is 0 Å². The van der Waals surface area contributed by atoms with E-state index in [1.54, 1.807) is 0 Å². The van der Waals surface area contributed by atoms with E-state index in [1.807, 2.05) is 30.2 Å². The normalized spacial score (nSPS) is 12.0. The highest BCUT2D eigenvalue weighted by Crippen LogP contribution is 2.29. The first-order valence-corrected chi connectivity index (χ1v) is 7.25. The summed E-state index contributed by atoms with van der Waals surface area (Å²) in [5.74, 6) is 1.50. The fraction of sp³-hybridized carbons (Fsp3) is 0.571. The Bertz CT molecular complexity index is 537. The Labute approximate surface area is 119 Å². The van der Waals surface area contributed by atoms with Gasteiger partial charge in [0, 0.05) is 31.1 Å². The molecule has 0 fully saturated rings. The molecule has 1 N–H and O–H groups in total. The molecule has 0 saturated carbocycles. The van der Waals surface area contributed by atoms with Crippen LogP contribution in [-0.2, 0) is 7.05 Å². The standard InChI is InChI=1S/C14H21ClN4/c1-4-14(5-2,8-15)9-17-13-12-11(6-7-16-13)19(3)10-18-12/h6-7,10H,4-5,8-9H2,1-3H3,(H,16,17). The van der Waals surface area contributed by atoms with Crippen LogP contribution in [0, 0.1) is 5.41 Å². The molecule has 104 valence electrons. The largest absolute Gasteiger partial charge is 0.368 e. The number of hydrogen-bond acceptors (Lipinski definition) is 3. The van der Waals surface area contributed by atoms with E-state index in [9.17, 15) is 0 Å². The average Bonchev–Trinajstić information content (AvgIpc) is 2.84. The van der Waals surface area contributed by atoms with Crippen LogP contribution in [0.5, 0.6) is 0 Å². The Kier molecular flexibility index (Phi) is 4.30. The summed E-state index contributed by atoms with van der Waals surface area (Å²) < 4.78 is 2.00. The third-order valence-electron chi connectivity index (χ3n) is 4.06. The van der Waals surface area contributed by atoms with E-state index in [-0.39, 0.29) is 5.41 Å². The number of aromatic nitrogens is 3. The molecule has 2 rings (SSSR count). The lowest BCUT2D eigenvalue weighted by molar-refractivity contribution is 0.326. The van der Waals surface area contributed by atoms with Crippen LogP contribution in [0.3, 0.4) is 0 Å². The number of anilines is 1. The SMILES string of the molecule is CCC(CC)(CCl)CNc1nccc2c1ncn2C. The van der Waals surface area contributed by atoms with Crippen molar-refractivity contribution in [2.24, 2.45) is 12.5 Å². The molecule has 0 radical (unpaired) electrons. The van der Waals surface area contributed by atoms with Crippen molar-refractivity contribution < 1.29 is 0 Å². The molecule has 0 aliphatic carbocycles. The van der Waals surface area contributed by atoms with Crippen LogP contribution in [0.4, 0.5) is 5.82 Å². The van der Waals surface area contributed by atoms with Crippen LogP contribution >= 0.6 is 11.6 Å². The van der Waals surface area contributed by atoms with Gasteiger partial charge in [0.25, 0.3) is 0 Å². The number of rotatable bonds is 6. The Balaban J connectivity index is 2.22. The number of aryl methyl sites for hydroxylation is 1. The summed E-state index contributed by atoms with van der Waals surface area (Å²) in [6.45, 7) is 5.19. The van der Waals surface area contributed by atoms with Crippen molar-refractivity contribution >= 4 is 28.5 Å². The third kappa shape index (κ3) is 2.68. The molecule has 5 heteroatoms. The molecule has 0 amide bonds. The number of nitrogens with one attached hydrogen (secondary N) is 1. The molecule has 0 aliphatic heterocycles. The second kappa shape index (κ2) is 5.78. The van der Waals surface area contributed by atoms with Crippen molar-refractivity contribution in [1.29, 1.82) is 0 Å². The molecule has 19 heavy (non-hydrogen) atoms. The molecule has 0 aliphatic rings. The number of alkyl halides is 1. The van der Waals surface area contributed by atoms with E-state index < -0.39 is 0 Å². The molecule has 0 unspecified atom stereocenters. The van der Waals surface area contributed by atoms with Crippen molar-refractivity contribution in [2.45, 2.75) is 26.7 Å². The average molecular weight is 281 g/mol. The van der Waals surface area contributed by atoms with Crippen LogP contribution in [-0.4, -0.2) is 27.0 Å². The van der Waals surface area contributed by atoms with Gasteiger partial charge in [-0.1, -0.05) is 13.8 Å². The summed E-state index contributed by atoms with van der Waals surface area (Å²) in [5.41, 5.74) is 2.13. The van der Waals surface area contributed by atoms with Gasteiger partial charge in [-0.05, 0) is 18.9 Å². The van der Waals surface area contributed by atoms with E-state index in [0.717, 1.165) is 36.2 Å². The highest BCUT2D eigenvalue weighted by Gasteiger charge is 2.25. The number of imidazole rings is 1. The zero-order valence-electron chi connectivity index (χ0n) is 11.8. The van der Waals surface area contributed by atoms with E-state index in [2.05, 4.69) is 29.1 Å². The highest BCUT2D eigenvalue weighted by molar-refractivity contribution is 6.18. The molecule has 2 aromatic rings. The van der Waals surface area contributed by atoms with Crippen molar-refractivity contribution in [2.75, 3.05) is 17.7 Å². The van der Waals surface area contributed by atoms with Crippen LogP contribution in [0.1, 0.15) is 26.7 Å². The first kappa shape index (κ1) is 14.1. The third-order valence-corrected chi connectivity index (χ3v) is 4.62. The monoisotopic (exact) mass is 280 g/mol. The van der Waals surface area contributed by atoms with Gasteiger partial charge in [0.2, 0.25) is 0 Å². The van der Waals surface area contributed by atoms with Gasteiger partial charge in [-0.2, -0.15) is 0 Å². The molecule has 0 saturated heterocycles. The summed E-state index contributed by atoms with van der Waals surface area (Å²) in [4.78, 5) is 8.80. The number of nitrogens with zero attached hydrogens (tertiary/aromatic N) is 3. The fourth-order valence-corrected chi connectivity index (χ4v) is 2.67. The summed E-state index contributed by atoms with van der Waals surface area (Å²) in [6, 6.07) is 1.97. The summed E-state index contributed by atoms with van der Waals surface area (Å²) in [6.07, 6.45) is 5.73. The van der Waals surface area contributed by atoms with Crippen molar-refractivity contribution in [3.63, 3.8) is 0 Å². The molecule has 2 heterocycles. The fourth-order valence-electron chi connectivity index (χ4n) is 2.20. The first-order valence-electron chi connectivity index (χ1n) is 6.71. The smallest absolute Gasteiger partial charge is 0.154 e. The predicted octanol–water partition coefficient (Wildman–Crippen LogP) is 3.43. The molecular formula is C14H21ClN4. The van der Waals surface area contributed by atoms with E-state index in [0.29, 0.717) is 5.88 Å². The number of halogens is 1. The maximum absolute atomic E-state index is 6.13. The van der Waals surface area contributed by atoms with Gasteiger partial charge in [0.05, 0.1) is 11.8 Å². The van der Waals surface area contributed by atoms with Crippen molar-refractivity contribution in [3.8, 4) is 0 Å². The van der Waals surface area contributed by atoms with Crippen molar-refractivity contribution in [3.05, 3.63) is 18.6 Å². The zero-order chi connectivity index (χ0) is 13.9. The molecule has 4 nitrogen and oxygen atoms in total. The Hall–Kier alpha value is -1.29. The number of fused-ring (bicyclic) bond motifs is 1. The van der Waals surface area contributed by atoms with Gasteiger partial charge in [-0.25, -0.2) is 9.97 Å². The highest BCUT2D eigenvalue weighted by atomic mass is 35.5. The van der Waals surface area contributed by atoms with Crippen LogP contribution < -0.4 is 5.32 Å². The molecule has 0 spiro atoms. The Morgan fingerprint density at radius 1 is 1.32 bits per heavy atom. The van der Waals surface area contributed by atoms with E-state index in [4.69, 9.17) is 11.6 Å². The predicted molar refractivity (Wildman–Crippen MR) is 80.7 cm³/mol. The Morgan fingerprint density at radius 3 is 2.68 bits per heavy atom. The van der Waals surface area contributed by atoms with Crippen molar-refractivity contribution in [1.82, 2.24) is 14.5 Å². The van der Waals surface area contributed by atoms with E-state index in [1.165, 1.54) is 0 Å². The quantitative estimate of drug-likeness (QED) is 0.825. The maximum Gasteiger partial charge on any atom is 0.154 e. The molecule has 2 aromatic heterocycles. The molecule has 0 atom stereocenters. The minimum Gasteiger partial charge on any atom is -0.368 e. The van der Waals surface area contributed by atoms with Gasteiger partial charge in [0.1, 0.15) is 5.52 Å². The first-order chi connectivity index (χ1) is 9.15. The lowest BCUT2D eigenvalue weighted by atomic mass is 9.84. The number of hydrogen-bond donors (Lipinski definition) is 1. The Morgan fingerprint density at radius 2 is 2.05 bits per heavy atom. The van der Waals surface area contributed by atoms with Crippen LogP contribution in [0.25, 0.3) is 11.0 Å². The maximum atomic E-state index is 6.13. The minimum atomic E-state index is 0.125. The molecule has 0 bridgehead atoms. The van der Waals surface area contributed by atoms with Gasteiger partial charge < -0.3 is 9.88 Å². The minimum absolute atomic E-state index is 0.125. The lowest BCUT2D eigenvalue weighted by Crippen LogP contribution is -2.30. The lowest BCUT2D eigenvalue weighted by Gasteiger charge is -2.29. The summed E-state index contributed by atoms with van der Waals surface area (Å²) >= 11 is 6.13. The van der Waals surface area contributed by atoms with Crippen LogP contribution in [0.15, 0.2) is 18.6 Å². The summed E-state index contributed by atoms with van der Waals surface area (Å²) in [7, 11) is 1.99. The second-order valence-electron chi connectivity index (χ2n) is 5.08. The van der Waals surface area contributed by atoms with Gasteiger partial charge in [-0.15, -0.1) is 11.6 Å².